The summed E-state index contributed by atoms with van der Waals surface area (Å²) in [7, 11) is 0. The molecular formula is C18H15N3O3. The van der Waals surface area contributed by atoms with Gasteiger partial charge in [-0.1, -0.05) is 18.2 Å². The van der Waals surface area contributed by atoms with Gasteiger partial charge in [-0.2, -0.15) is 0 Å². The molecule has 2 N–H and O–H groups in total. The molecule has 0 fully saturated rings. The van der Waals surface area contributed by atoms with Crippen molar-refractivity contribution < 1.29 is 14.3 Å². The molecule has 0 saturated carbocycles. The van der Waals surface area contributed by atoms with Gasteiger partial charge < -0.3 is 19.8 Å². The lowest BCUT2D eigenvalue weighted by atomic mass is 10.2. The van der Waals surface area contributed by atoms with Gasteiger partial charge in [0.15, 0.2) is 11.5 Å². The highest BCUT2D eigenvalue weighted by Gasteiger charge is 2.13. The van der Waals surface area contributed by atoms with E-state index < -0.39 is 0 Å². The second-order valence-corrected chi connectivity index (χ2v) is 5.49. The van der Waals surface area contributed by atoms with Gasteiger partial charge in [-0.25, -0.2) is 0 Å². The Labute approximate surface area is 138 Å². The average molecular weight is 321 g/mol. The number of primary amides is 1. The maximum absolute atomic E-state index is 11.3. The number of nitrogens with two attached hydrogens (primary N) is 1. The summed E-state index contributed by atoms with van der Waals surface area (Å²) in [5.74, 6) is 1.04. The molecule has 0 radical (unpaired) electrons. The highest BCUT2D eigenvalue weighted by atomic mass is 16.7. The number of benzene rings is 2. The maximum atomic E-state index is 11.3. The minimum atomic E-state index is -0.380. The summed E-state index contributed by atoms with van der Waals surface area (Å²) in [6, 6.07) is 13.4. The van der Waals surface area contributed by atoms with Gasteiger partial charge in [-0.05, 0) is 18.2 Å². The smallest absolute Gasteiger partial charge is 0.237 e. The first-order valence-corrected chi connectivity index (χ1v) is 7.50. The Bertz CT molecular complexity index is 959. The fourth-order valence-electron chi connectivity index (χ4n) is 2.79. The molecule has 6 nitrogen and oxygen atoms in total. The SMILES string of the molecule is NC(=O)Cn1cc(C=Nc2ccc3c(c2)OCO3)c2ccccc21. The molecule has 24 heavy (non-hydrogen) atoms. The molecule has 1 amide bonds. The molecule has 0 aliphatic carbocycles. The normalized spacial score (nSPS) is 13.0. The summed E-state index contributed by atoms with van der Waals surface area (Å²) < 4.78 is 12.5. The van der Waals surface area contributed by atoms with Crippen LogP contribution in [-0.2, 0) is 11.3 Å². The van der Waals surface area contributed by atoms with Crippen molar-refractivity contribution in [2.24, 2.45) is 10.7 Å². The van der Waals surface area contributed by atoms with Crippen molar-refractivity contribution in [1.82, 2.24) is 4.57 Å². The van der Waals surface area contributed by atoms with Crippen molar-refractivity contribution >= 4 is 28.7 Å². The molecule has 3 aromatic rings. The number of aromatic nitrogens is 1. The van der Waals surface area contributed by atoms with Crippen LogP contribution in [0.5, 0.6) is 11.5 Å². The van der Waals surface area contributed by atoms with Crippen LogP contribution in [0.15, 0.2) is 53.7 Å². The molecule has 2 heterocycles. The molecule has 1 aromatic heterocycles. The third kappa shape index (κ3) is 2.58. The first kappa shape index (κ1) is 14.3. The van der Waals surface area contributed by atoms with Crippen LogP contribution < -0.4 is 15.2 Å². The van der Waals surface area contributed by atoms with Crippen LogP contribution in [0.1, 0.15) is 5.56 Å². The van der Waals surface area contributed by atoms with Crippen molar-refractivity contribution in [2.75, 3.05) is 6.79 Å². The molecule has 2 aromatic carbocycles. The summed E-state index contributed by atoms with van der Waals surface area (Å²) >= 11 is 0. The van der Waals surface area contributed by atoms with Crippen LogP contribution in [0.4, 0.5) is 5.69 Å². The van der Waals surface area contributed by atoms with Crippen LogP contribution >= 0.6 is 0 Å². The predicted molar refractivity (Wildman–Crippen MR) is 91.0 cm³/mol. The zero-order valence-electron chi connectivity index (χ0n) is 12.8. The van der Waals surface area contributed by atoms with E-state index in [0.717, 1.165) is 27.9 Å². The number of carbonyl (C=O) groups excluding carboxylic acids is 1. The summed E-state index contributed by atoms with van der Waals surface area (Å²) in [6.07, 6.45) is 3.66. The summed E-state index contributed by atoms with van der Waals surface area (Å²) in [6.45, 7) is 0.376. The van der Waals surface area contributed by atoms with Crippen LogP contribution in [0.2, 0.25) is 0 Å². The summed E-state index contributed by atoms with van der Waals surface area (Å²) in [5, 5.41) is 1.02. The van der Waals surface area contributed by atoms with Gasteiger partial charge in [0, 0.05) is 34.9 Å². The zero-order valence-corrected chi connectivity index (χ0v) is 12.8. The standard InChI is InChI=1S/C18H15N3O3/c19-18(22)10-21-9-12(14-3-1-2-4-15(14)21)8-20-13-5-6-16-17(7-13)24-11-23-16/h1-9H,10-11H2,(H2,19,22). The number of amides is 1. The van der Waals surface area contributed by atoms with Gasteiger partial charge in [0.2, 0.25) is 12.7 Å². The Morgan fingerprint density at radius 1 is 1.21 bits per heavy atom. The van der Waals surface area contributed by atoms with E-state index in [9.17, 15) is 4.79 Å². The van der Waals surface area contributed by atoms with E-state index in [0.29, 0.717) is 5.75 Å². The van der Waals surface area contributed by atoms with Crippen LogP contribution in [0.25, 0.3) is 10.9 Å². The van der Waals surface area contributed by atoms with E-state index in [1.807, 2.05) is 53.2 Å². The Morgan fingerprint density at radius 3 is 2.92 bits per heavy atom. The highest BCUT2D eigenvalue weighted by Crippen LogP contribution is 2.35. The molecule has 120 valence electrons. The fourth-order valence-corrected chi connectivity index (χ4v) is 2.79. The number of nitrogens with zero attached hydrogens (tertiary/aromatic N) is 2. The van der Waals surface area contributed by atoms with E-state index in [4.69, 9.17) is 15.2 Å². The molecule has 0 saturated heterocycles. The lowest BCUT2D eigenvalue weighted by Gasteiger charge is -2.00. The third-order valence-electron chi connectivity index (χ3n) is 3.85. The number of carbonyl (C=O) groups is 1. The maximum Gasteiger partial charge on any atom is 0.237 e. The molecule has 6 heteroatoms. The first-order chi connectivity index (χ1) is 11.7. The minimum absolute atomic E-state index is 0.137. The van der Waals surface area contributed by atoms with Gasteiger partial charge in [0.1, 0.15) is 6.54 Å². The molecule has 0 atom stereocenters. The number of para-hydroxylation sites is 1. The van der Waals surface area contributed by atoms with E-state index in [-0.39, 0.29) is 19.2 Å². The van der Waals surface area contributed by atoms with Gasteiger partial charge in [0.25, 0.3) is 0 Å². The Balaban J connectivity index is 1.70. The zero-order chi connectivity index (χ0) is 16.5. The summed E-state index contributed by atoms with van der Waals surface area (Å²) in [5.41, 5.74) is 7.96. The number of rotatable bonds is 4. The molecule has 1 aliphatic rings. The highest BCUT2D eigenvalue weighted by molar-refractivity contribution is 6.00. The lowest BCUT2D eigenvalue weighted by Crippen LogP contribution is -2.17. The van der Waals surface area contributed by atoms with Crippen molar-refractivity contribution in [2.45, 2.75) is 6.54 Å². The number of hydrogen-bond donors (Lipinski definition) is 1. The minimum Gasteiger partial charge on any atom is -0.454 e. The molecule has 0 spiro atoms. The fraction of sp³-hybridized carbons (Fsp3) is 0.111. The van der Waals surface area contributed by atoms with E-state index in [1.54, 1.807) is 6.21 Å². The quantitative estimate of drug-likeness (QED) is 0.750. The van der Waals surface area contributed by atoms with Crippen molar-refractivity contribution in [1.29, 1.82) is 0 Å². The monoisotopic (exact) mass is 321 g/mol. The molecule has 0 bridgehead atoms. The summed E-state index contributed by atoms with van der Waals surface area (Å²) in [4.78, 5) is 15.8. The van der Waals surface area contributed by atoms with Gasteiger partial charge >= 0.3 is 0 Å². The van der Waals surface area contributed by atoms with Gasteiger partial charge in [-0.15, -0.1) is 0 Å². The number of ether oxygens (including phenoxy) is 2. The molecule has 4 rings (SSSR count). The number of fused-ring (bicyclic) bond motifs is 2. The first-order valence-electron chi connectivity index (χ1n) is 7.50. The van der Waals surface area contributed by atoms with Crippen molar-refractivity contribution in [3.63, 3.8) is 0 Å². The second kappa shape index (κ2) is 5.73. The van der Waals surface area contributed by atoms with E-state index in [1.165, 1.54) is 0 Å². The van der Waals surface area contributed by atoms with Crippen LogP contribution in [0.3, 0.4) is 0 Å². The van der Waals surface area contributed by atoms with Crippen LogP contribution in [-0.4, -0.2) is 23.5 Å². The second-order valence-electron chi connectivity index (χ2n) is 5.49. The molecular weight excluding hydrogens is 306 g/mol. The van der Waals surface area contributed by atoms with Crippen LogP contribution in [0, 0.1) is 0 Å². The average Bonchev–Trinajstić information content (AvgIpc) is 3.17. The topological polar surface area (TPSA) is 78.8 Å². The third-order valence-corrected chi connectivity index (χ3v) is 3.85. The van der Waals surface area contributed by atoms with Gasteiger partial charge in [0.05, 0.1) is 5.69 Å². The number of aliphatic imine (C=N–C) groups is 1. The number of hydrogen-bond acceptors (Lipinski definition) is 4. The predicted octanol–water partition coefficient (Wildman–Crippen LogP) is 2.61. The van der Waals surface area contributed by atoms with E-state index in [2.05, 4.69) is 4.99 Å². The largest absolute Gasteiger partial charge is 0.454 e. The Hall–Kier alpha value is -3.28. The Morgan fingerprint density at radius 2 is 2.04 bits per heavy atom. The van der Waals surface area contributed by atoms with Crippen molar-refractivity contribution in [3.8, 4) is 11.5 Å². The van der Waals surface area contributed by atoms with Gasteiger partial charge in [-0.3, -0.25) is 9.79 Å². The molecule has 0 unspecified atom stereocenters. The lowest BCUT2D eigenvalue weighted by molar-refractivity contribution is -0.118. The van der Waals surface area contributed by atoms with Crippen molar-refractivity contribution in [3.05, 3.63) is 54.2 Å². The van der Waals surface area contributed by atoms with E-state index >= 15 is 0 Å². The molecule has 1 aliphatic heterocycles. The Kier molecular flexibility index (Phi) is 3.42.